The molecule has 0 saturated heterocycles. The highest BCUT2D eigenvalue weighted by atomic mass is 14.8. The molecule has 2 heteroatoms. The van der Waals surface area contributed by atoms with Crippen LogP contribution in [0.4, 0.5) is 0 Å². The molecule has 1 unspecified atom stereocenters. The second-order valence-corrected chi connectivity index (χ2v) is 4.30. The highest BCUT2D eigenvalue weighted by Gasteiger charge is 2.11. The highest BCUT2D eigenvalue weighted by molar-refractivity contribution is 5.21. The Morgan fingerprint density at radius 3 is 2.59 bits per heavy atom. The highest BCUT2D eigenvalue weighted by Crippen LogP contribution is 2.24. The Kier molecular flexibility index (Phi) is 4.25. The summed E-state index contributed by atoms with van der Waals surface area (Å²) < 4.78 is 0. The minimum absolute atomic E-state index is 0.554. The first-order valence-corrected chi connectivity index (χ1v) is 6.20. The molecule has 0 spiro atoms. The maximum Gasteiger partial charge on any atom is 0.0592 e. The molecule has 88 valence electrons. The average molecular weight is 226 g/mol. The summed E-state index contributed by atoms with van der Waals surface area (Å²) in [5.41, 5.74) is 2.48. The molecule has 0 N–H and O–H groups in total. The van der Waals surface area contributed by atoms with Gasteiger partial charge in [0, 0.05) is 18.6 Å². The molecule has 2 aromatic rings. The lowest BCUT2D eigenvalue weighted by Crippen LogP contribution is -2.04. The van der Waals surface area contributed by atoms with Crippen molar-refractivity contribution in [2.24, 2.45) is 0 Å². The standard InChI is InChI=1S/C15H18N2/c1-2-6-14(13-7-4-3-5-8-13)11-15-12-16-9-10-17-15/h3-5,7-10,12,14H,2,6,11H2,1H3. The first-order valence-electron chi connectivity index (χ1n) is 6.20. The van der Waals surface area contributed by atoms with Crippen molar-refractivity contribution in [1.29, 1.82) is 0 Å². The first kappa shape index (κ1) is 11.8. The van der Waals surface area contributed by atoms with E-state index >= 15 is 0 Å². The summed E-state index contributed by atoms with van der Waals surface area (Å²) in [5.74, 6) is 0.554. The molecule has 1 heterocycles. The van der Waals surface area contributed by atoms with E-state index in [9.17, 15) is 0 Å². The maximum atomic E-state index is 4.36. The van der Waals surface area contributed by atoms with E-state index < -0.39 is 0 Å². The third-order valence-electron chi connectivity index (χ3n) is 2.98. The van der Waals surface area contributed by atoms with Gasteiger partial charge >= 0.3 is 0 Å². The van der Waals surface area contributed by atoms with E-state index in [4.69, 9.17) is 0 Å². The third-order valence-corrected chi connectivity index (χ3v) is 2.98. The molecule has 0 saturated carbocycles. The van der Waals surface area contributed by atoms with Crippen LogP contribution in [0.25, 0.3) is 0 Å². The number of hydrogen-bond donors (Lipinski definition) is 0. The van der Waals surface area contributed by atoms with Gasteiger partial charge in [-0.25, -0.2) is 0 Å². The largest absolute Gasteiger partial charge is 0.261 e. The lowest BCUT2D eigenvalue weighted by molar-refractivity contribution is 0.601. The summed E-state index contributed by atoms with van der Waals surface area (Å²) in [4.78, 5) is 8.49. The molecule has 1 atom stereocenters. The summed E-state index contributed by atoms with van der Waals surface area (Å²) in [5, 5.41) is 0. The van der Waals surface area contributed by atoms with Crippen LogP contribution in [0.1, 0.15) is 36.9 Å². The molecular weight excluding hydrogens is 208 g/mol. The lowest BCUT2D eigenvalue weighted by atomic mass is 9.90. The second-order valence-electron chi connectivity index (χ2n) is 4.30. The van der Waals surface area contributed by atoms with Crippen molar-refractivity contribution in [3.63, 3.8) is 0 Å². The zero-order valence-electron chi connectivity index (χ0n) is 10.2. The minimum Gasteiger partial charge on any atom is -0.261 e. The van der Waals surface area contributed by atoms with Crippen molar-refractivity contribution in [1.82, 2.24) is 9.97 Å². The average Bonchev–Trinajstić information content (AvgIpc) is 2.40. The molecule has 17 heavy (non-hydrogen) atoms. The van der Waals surface area contributed by atoms with Crippen molar-refractivity contribution in [3.05, 3.63) is 60.2 Å². The maximum absolute atomic E-state index is 4.36. The molecule has 2 nitrogen and oxygen atoms in total. The van der Waals surface area contributed by atoms with Gasteiger partial charge in [0.15, 0.2) is 0 Å². The SMILES string of the molecule is CCCC(Cc1cnccn1)c1ccccc1. The van der Waals surface area contributed by atoms with Gasteiger partial charge in [0.1, 0.15) is 0 Å². The van der Waals surface area contributed by atoms with Crippen LogP contribution < -0.4 is 0 Å². The fourth-order valence-corrected chi connectivity index (χ4v) is 2.15. The minimum atomic E-state index is 0.554. The number of nitrogens with zero attached hydrogens (tertiary/aromatic N) is 2. The normalized spacial score (nSPS) is 12.3. The van der Waals surface area contributed by atoms with Crippen LogP contribution >= 0.6 is 0 Å². The topological polar surface area (TPSA) is 25.8 Å². The lowest BCUT2D eigenvalue weighted by Gasteiger charge is -2.15. The van der Waals surface area contributed by atoms with Crippen molar-refractivity contribution in [3.8, 4) is 0 Å². The van der Waals surface area contributed by atoms with Gasteiger partial charge in [-0.2, -0.15) is 0 Å². The van der Waals surface area contributed by atoms with Crippen molar-refractivity contribution in [2.45, 2.75) is 32.1 Å². The Hall–Kier alpha value is -1.70. The van der Waals surface area contributed by atoms with E-state index in [1.54, 1.807) is 12.4 Å². The van der Waals surface area contributed by atoms with Gasteiger partial charge in [0.25, 0.3) is 0 Å². The van der Waals surface area contributed by atoms with E-state index in [1.165, 1.54) is 18.4 Å². The third kappa shape index (κ3) is 3.38. The summed E-state index contributed by atoms with van der Waals surface area (Å²) in [6.45, 7) is 2.23. The Labute approximate surface area is 103 Å². The quantitative estimate of drug-likeness (QED) is 0.778. The molecule has 0 fully saturated rings. The van der Waals surface area contributed by atoms with E-state index in [0.717, 1.165) is 12.1 Å². The smallest absolute Gasteiger partial charge is 0.0592 e. The number of aromatic nitrogens is 2. The molecule has 2 rings (SSSR count). The van der Waals surface area contributed by atoms with Crippen molar-refractivity contribution >= 4 is 0 Å². The predicted molar refractivity (Wildman–Crippen MR) is 69.8 cm³/mol. The van der Waals surface area contributed by atoms with Gasteiger partial charge < -0.3 is 0 Å². The summed E-state index contributed by atoms with van der Waals surface area (Å²) in [6.07, 6.45) is 8.72. The number of rotatable bonds is 5. The van der Waals surface area contributed by atoms with Crippen LogP contribution in [0.2, 0.25) is 0 Å². The Balaban J connectivity index is 2.13. The molecule has 0 radical (unpaired) electrons. The molecule has 1 aromatic heterocycles. The fourth-order valence-electron chi connectivity index (χ4n) is 2.15. The molecule has 0 bridgehead atoms. The number of benzene rings is 1. The summed E-state index contributed by atoms with van der Waals surface area (Å²) in [7, 11) is 0. The first-order chi connectivity index (χ1) is 8.40. The zero-order valence-corrected chi connectivity index (χ0v) is 10.2. The van der Waals surface area contributed by atoms with Crippen LogP contribution in [-0.4, -0.2) is 9.97 Å². The summed E-state index contributed by atoms with van der Waals surface area (Å²) in [6, 6.07) is 10.7. The van der Waals surface area contributed by atoms with Gasteiger partial charge in [0.05, 0.1) is 5.69 Å². The molecule has 0 aliphatic carbocycles. The van der Waals surface area contributed by atoms with Crippen LogP contribution in [0.5, 0.6) is 0 Å². The van der Waals surface area contributed by atoms with Crippen molar-refractivity contribution < 1.29 is 0 Å². The van der Waals surface area contributed by atoms with Crippen LogP contribution in [0.3, 0.4) is 0 Å². The van der Waals surface area contributed by atoms with Crippen LogP contribution in [-0.2, 0) is 6.42 Å². The van der Waals surface area contributed by atoms with E-state index in [1.807, 2.05) is 6.20 Å². The van der Waals surface area contributed by atoms with Crippen LogP contribution in [0.15, 0.2) is 48.9 Å². The van der Waals surface area contributed by atoms with Gasteiger partial charge in [0.2, 0.25) is 0 Å². The predicted octanol–water partition coefficient (Wildman–Crippen LogP) is 3.60. The monoisotopic (exact) mass is 226 g/mol. The molecule has 0 amide bonds. The Morgan fingerprint density at radius 1 is 1.12 bits per heavy atom. The van der Waals surface area contributed by atoms with E-state index in [-0.39, 0.29) is 0 Å². The Morgan fingerprint density at radius 2 is 1.94 bits per heavy atom. The van der Waals surface area contributed by atoms with Crippen molar-refractivity contribution in [2.75, 3.05) is 0 Å². The van der Waals surface area contributed by atoms with Gasteiger partial charge in [-0.3, -0.25) is 9.97 Å². The zero-order chi connectivity index (χ0) is 11.9. The molecule has 0 aliphatic rings. The second kappa shape index (κ2) is 6.14. The van der Waals surface area contributed by atoms with Crippen LogP contribution in [0, 0.1) is 0 Å². The van der Waals surface area contributed by atoms with E-state index in [0.29, 0.717) is 5.92 Å². The fraction of sp³-hybridized carbons (Fsp3) is 0.333. The molecule has 0 aliphatic heterocycles. The summed E-state index contributed by atoms with van der Waals surface area (Å²) >= 11 is 0. The molecular formula is C15H18N2. The van der Waals surface area contributed by atoms with Gasteiger partial charge in [-0.1, -0.05) is 43.7 Å². The number of hydrogen-bond acceptors (Lipinski definition) is 2. The van der Waals surface area contributed by atoms with E-state index in [2.05, 4.69) is 47.2 Å². The Bertz CT molecular complexity index is 425. The van der Waals surface area contributed by atoms with Gasteiger partial charge in [-0.05, 0) is 24.3 Å². The molecule has 1 aromatic carbocycles. The van der Waals surface area contributed by atoms with Gasteiger partial charge in [-0.15, -0.1) is 0 Å².